The first-order valence-electron chi connectivity index (χ1n) is 20.0. The number of hydrogen-bond donors (Lipinski definition) is 0. The summed E-state index contributed by atoms with van der Waals surface area (Å²) in [4.78, 5) is 19.7. The Morgan fingerprint density at radius 3 is 1.81 bits per heavy atom. The fourth-order valence-corrected chi connectivity index (χ4v) is 9.64. The van der Waals surface area contributed by atoms with Gasteiger partial charge in [0, 0.05) is 56.8 Å². The van der Waals surface area contributed by atoms with E-state index in [1.54, 1.807) is 0 Å². The van der Waals surface area contributed by atoms with Crippen molar-refractivity contribution in [3.63, 3.8) is 0 Å². The highest BCUT2D eigenvalue weighted by Gasteiger charge is 2.46. The largest absolute Gasteiger partial charge is 0.256 e. The number of nitrogens with zero attached hydrogens (tertiary/aromatic N) is 4. The highest BCUT2D eigenvalue weighted by atomic mass is 14.7. The number of rotatable bonds is 5. The van der Waals surface area contributed by atoms with Crippen LogP contribution in [0.3, 0.4) is 0 Å². The summed E-state index contributed by atoms with van der Waals surface area (Å²) in [6.07, 6.45) is 5.62. The van der Waals surface area contributed by atoms with E-state index in [1.165, 1.54) is 38.8 Å². The molecule has 4 nitrogen and oxygen atoms in total. The quantitative estimate of drug-likeness (QED) is 0.164. The average Bonchev–Trinajstić information content (AvgIpc) is 3.61. The molecule has 4 heteroatoms. The third-order valence-corrected chi connectivity index (χ3v) is 12.3. The Morgan fingerprint density at radius 2 is 1.03 bits per heavy atom. The maximum atomic E-state index is 5.38. The van der Waals surface area contributed by atoms with Crippen LogP contribution in [-0.4, -0.2) is 19.9 Å². The first-order valence-corrected chi connectivity index (χ1v) is 20.0. The summed E-state index contributed by atoms with van der Waals surface area (Å²) in [5.74, 6) is 0. The van der Waals surface area contributed by atoms with Gasteiger partial charge in [0.15, 0.2) is 0 Å². The molecule has 1 aliphatic rings. The highest BCUT2D eigenvalue weighted by Crippen LogP contribution is 2.57. The van der Waals surface area contributed by atoms with Gasteiger partial charge in [-0.2, -0.15) is 0 Å². The van der Waals surface area contributed by atoms with Crippen molar-refractivity contribution in [2.75, 3.05) is 0 Å². The molecule has 7 aromatic carbocycles. The molecule has 0 saturated carbocycles. The molecule has 0 saturated heterocycles. The van der Waals surface area contributed by atoms with Crippen LogP contribution in [0.2, 0.25) is 0 Å². The summed E-state index contributed by atoms with van der Waals surface area (Å²) in [5, 5.41) is 5.60. The van der Waals surface area contributed by atoms with Gasteiger partial charge in [0.25, 0.3) is 0 Å². The monoisotopic (exact) mass is 750 g/mol. The molecule has 0 unspecified atom stereocenters. The van der Waals surface area contributed by atoms with Gasteiger partial charge in [-0.3, -0.25) is 15.0 Å². The topological polar surface area (TPSA) is 51.6 Å². The molecule has 12 rings (SSSR count). The number of para-hydroxylation sites is 1. The van der Waals surface area contributed by atoms with Gasteiger partial charge < -0.3 is 0 Å². The van der Waals surface area contributed by atoms with Crippen molar-refractivity contribution in [1.82, 2.24) is 19.9 Å². The zero-order valence-corrected chi connectivity index (χ0v) is 31.9. The van der Waals surface area contributed by atoms with Gasteiger partial charge in [0.05, 0.1) is 33.4 Å². The Labute approximate surface area is 341 Å². The van der Waals surface area contributed by atoms with E-state index in [2.05, 4.69) is 181 Å². The lowest BCUT2D eigenvalue weighted by molar-refractivity contribution is 0.769. The molecule has 0 fully saturated rings. The van der Waals surface area contributed by atoms with Crippen molar-refractivity contribution in [2.45, 2.75) is 5.41 Å². The number of aromatic nitrogens is 4. The fourth-order valence-electron chi connectivity index (χ4n) is 9.64. The van der Waals surface area contributed by atoms with E-state index in [4.69, 9.17) is 15.0 Å². The van der Waals surface area contributed by atoms with Gasteiger partial charge in [-0.25, -0.2) is 4.98 Å². The minimum Gasteiger partial charge on any atom is -0.256 e. The van der Waals surface area contributed by atoms with Crippen LogP contribution in [-0.2, 0) is 5.41 Å². The van der Waals surface area contributed by atoms with E-state index in [-0.39, 0.29) is 0 Å². The second kappa shape index (κ2) is 13.1. The number of pyridine rings is 4. The van der Waals surface area contributed by atoms with E-state index in [0.29, 0.717) is 0 Å². The molecule has 11 aromatic rings. The first-order chi connectivity index (χ1) is 29.3. The van der Waals surface area contributed by atoms with Crippen LogP contribution in [0.5, 0.6) is 0 Å². The highest BCUT2D eigenvalue weighted by molar-refractivity contribution is 6.14. The third kappa shape index (κ3) is 5.03. The zero-order valence-electron chi connectivity index (χ0n) is 31.9. The number of fused-ring (bicyclic) bond motifs is 9. The van der Waals surface area contributed by atoms with Gasteiger partial charge in [0.1, 0.15) is 0 Å². The van der Waals surface area contributed by atoms with Crippen molar-refractivity contribution < 1.29 is 0 Å². The molecule has 0 N–H and O–H groups in total. The Bertz CT molecular complexity index is 3380. The summed E-state index contributed by atoms with van der Waals surface area (Å²) in [5.41, 5.74) is 16.0. The normalized spacial score (nSPS) is 12.9. The SMILES string of the molecule is c1ccc(C2(c3ccccc3)c3ccccc3-c3cc4c(-c5ccc(-c6ccc(-c7cc8cccnc8c8ncccc78)cn6)cc5)nc5ccccc5c4cc32)cc1. The van der Waals surface area contributed by atoms with Gasteiger partial charge in [-0.1, -0.05) is 146 Å². The van der Waals surface area contributed by atoms with Crippen LogP contribution in [0.25, 0.3) is 88.2 Å². The fraction of sp³-hybridized carbons (Fsp3) is 0.0182. The Hall–Kier alpha value is -7.82. The van der Waals surface area contributed by atoms with Gasteiger partial charge in [0.2, 0.25) is 0 Å². The summed E-state index contributed by atoms with van der Waals surface area (Å²) in [7, 11) is 0. The summed E-state index contributed by atoms with van der Waals surface area (Å²) >= 11 is 0. The minimum atomic E-state index is -0.479. The van der Waals surface area contributed by atoms with E-state index in [0.717, 1.165) is 71.7 Å². The van der Waals surface area contributed by atoms with Crippen molar-refractivity contribution in [1.29, 1.82) is 0 Å². The van der Waals surface area contributed by atoms with Crippen LogP contribution >= 0.6 is 0 Å². The average molecular weight is 751 g/mol. The molecular formula is C55H34N4. The lowest BCUT2D eigenvalue weighted by atomic mass is 9.67. The van der Waals surface area contributed by atoms with Crippen molar-refractivity contribution in [3.8, 4) is 44.8 Å². The second-order valence-corrected chi connectivity index (χ2v) is 15.4. The molecular weight excluding hydrogens is 717 g/mol. The molecule has 0 amide bonds. The molecule has 0 spiro atoms. The maximum Gasteiger partial charge on any atom is 0.0970 e. The van der Waals surface area contributed by atoms with Crippen LogP contribution in [0.1, 0.15) is 22.3 Å². The second-order valence-electron chi connectivity index (χ2n) is 15.4. The van der Waals surface area contributed by atoms with Crippen LogP contribution < -0.4 is 0 Å². The van der Waals surface area contributed by atoms with E-state index >= 15 is 0 Å². The molecule has 4 aromatic heterocycles. The molecule has 274 valence electrons. The summed E-state index contributed by atoms with van der Waals surface area (Å²) in [6, 6.07) is 67.7. The van der Waals surface area contributed by atoms with E-state index in [9.17, 15) is 0 Å². The zero-order chi connectivity index (χ0) is 38.9. The molecule has 59 heavy (non-hydrogen) atoms. The van der Waals surface area contributed by atoms with E-state index in [1.807, 2.05) is 30.7 Å². The molecule has 0 aliphatic heterocycles. The van der Waals surface area contributed by atoms with Crippen LogP contribution in [0.15, 0.2) is 207 Å². The molecule has 1 aliphatic carbocycles. The van der Waals surface area contributed by atoms with Crippen molar-refractivity contribution >= 4 is 43.5 Å². The lowest BCUT2D eigenvalue weighted by Gasteiger charge is -2.34. The Kier molecular flexibility index (Phi) is 7.41. The summed E-state index contributed by atoms with van der Waals surface area (Å²) in [6.45, 7) is 0. The Balaban J connectivity index is 0.998. The van der Waals surface area contributed by atoms with Gasteiger partial charge in [-0.05, 0) is 86.8 Å². The summed E-state index contributed by atoms with van der Waals surface area (Å²) < 4.78 is 0. The molecule has 0 radical (unpaired) electrons. The lowest BCUT2D eigenvalue weighted by Crippen LogP contribution is -2.28. The van der Waals surface area contributed by atoms with Gasteiger partial charge >= 0.3 is 0 Å². The predicted octanol–water partition coefficient (Wildman–Crippen LogP) is 13.2. The molecule has 0 atom stereocenters. The van der Waals surface area contributed by atoms with Gasteiger partial charge in [-0.15, -0.1) is 0 Å². The number of hydrogen-bond acceptors (Lipinski definition) is 4. The third-order valence-electron chi connectivity index (χ3n) is 12.3. The maximum absolute atomic E-state index is 5.38. The predicted molar refractivity (Wildman–Crippen MR) is 241 cm³/mol. The minimum absolute atomic E-state index is 0.479. The smallest absolute Gasteiger partial charge is 0.0970 e. The first kappa shape index (κ1) is 33.3. The Morgan fingerprint density at radius 1 is 0.373 bits per heavy atom. The number of benzene rings is 7. The molecule has 0 bridgehead atoms. The van der Waals surface area contributed by atoms with Crippen molar-refractivity contribution in [3.05, 3.63) is 229 Å². The van der Waals surface area contributed by atoms with Crippen LogP contribution in [0, 0.1) is 0 Å². The molecule has 4 heterocycles. The van der Waals surface area contributed by atoms with Crippen LogP contribution in [0.4, 0.5) is 0 Å². The van der Waals surface area contributed by atoms with E-state index < -0.39 is 5.41 Å². The standard InChI is InChI=1S/C55H34N4/c1-3-14-39(15-4-1)55(40-16-5-2-6-17-40)48-21-9-7-18-41(48)46-32-47-45(33-49(46)55)42-19-8-10-22-51(42)59-52(47)36-25-23-35(24-26-36)50-28-27-38(34-58-50)44-31-37-13-11-29-56-53(37)54-43(44)20-12-30-57-54/h1-34H. The van der Waals surface area contributed by atoms with Crippen molar-refractivity contribution in [2.24, 2.45) is 0 Å².